The number of hydrogen-bond donors (Lipinski definition) is 2. The Labute approximate surface area is 112 Å². The minimum absolute atomic E-state index is 0.0211. The molecule has 0 aliphatic carbocycles. The van der Waals surface area contributed by atoms with Crippen LogP contribution in [0.15, 0.2) is 18.3 Å². The molecule has 1 aromatic heterocycles. The zero-order valence-corrected chi connectivity index (χ0v) is 11.2. The molecule has 6 heteroatoms. The molecule has 3 N–H and O–H groups in total. The van der Waals surface area contributed by atoms with Gasteiger partial charge < -0.3 is 20.5 Å². The lowest BCUT2D eigenvalue weighted by Crippen LogP contribution is -2.51. The number of carbonyl (C=O) groups excluding carboxylic acids is 1. The van der Waals surface area contributed by atoms with Gasteiger partial charge in [-0.3, -0.25) is 4.79 Å². The second kappa shape index (κ2) is 5.54. The summed E-state index contributed by atoms with van der Waals surface area (Å²) in [7, 11) is 0. The fourth-order valence-electron chi connectivity index (χ4n) is 1.81. The maximum Gasteiger partial charge on any atom is 0.247 e. The van der Waals surface area contributed by atoms with Gasteiger partial charge in [-0.05, 0) is 32.4 Å². The molecule has 2 rings (SSSR count). The Kier molecular flexibility index (Phi) is 4.01. The first-order chi connectivity index (χ1) is 9.01. The summed E-state index contributed by atoms with van der Waals surface area (Å²) in [4.78, 5) is 16.3. The lowest BCUT2D eigenvalue weighted by molar-refractivity contribution is -0.121. The average molecular weight is 265 g/mol. The van der Waals surface area contributed by atoms with E-state index < -0.39 is 5.54 Å². The number of nitrogens with two attached hydrogens (primary N) is 1. The summed E-state index contributed by atoms with van der Waals surface area (Å²) in [5.74, 6) is 0.125. The third kappa shape index (κ3) is 3.21. The van der Waals surface area contributed by atoms with Crippen molar-refractivity contribution >= 4 is 11.6 Å². The monoisotopic (exact) mass is 265 g/mol. The number of amides is 1. The molecule has 19 heavy (non-hydrogen) atoms. The van der Waals surface area contributed by atoms with E-state index >= 15 is 0 Å². The van der Waals surface area contributed by atoms with E-state index in [9.17, 15) is 4.79 Å². The maximum atomic E-state index is 12.2. The molecule has 1 saturated heterocycles. The second-order valence-electron chi connectivity index (χ2n) is 4.94. The number of rotatable bonds is 4. The van der Waals surface area contributed by atoms with Crippen LogP contribution >= 0.6 is 0 Å². The Morgan fingerprint density at radius 2 is 2.42 bits per heavy atom. The van der Waals surface area contributed by atoms with Gasteiger partial charge in [0, 0.05) is 12.8 Å². The van der Waals surface area contributed by atoms with E-state index in [-0.39, 0.29) is 18.6 Å². The second-order valence-corrected chi connectivity index (χ2v) is 4.94. The molecule has 1 atom stereocenters. The largest absolute Gasteiger partial charge is 0.473 e. The molecule has 1 aliphatic heterocycles. The summed E-state index contributed by atoms with van der Waals surface area (Å²) >= 11 is 0. The molecule has 1 unspecified atom stereocenters. The van der Waals surface area contributed by atoms with Crippen molar-refractivity contribution in [2.24, 2.45) is 5.73 Å². The summed E-state index contributed by atoms with van der Waals surface area (Å²) in [6, 6.07) is 3.47. The topological polar surface area (TPSA) is 86.5 Å². The highest BCUT2D eigenvalue weighted by molar-refractivity contribution is 5.99. The Morgan fingerprint density at radius 3 is 3.05 bits per heavy atom. The number of ether oxygens (including phenoxy) is 2. The summed E-state index contributed by atoms with van der Waals surface area (Å²) in [5, 5.41) is 2.77. The van der Waals surface area contributed by atoms with Crippen LogP contribution in [-0.2, 0) is 9.53 Å². The van der Waals surface area contributed by atoms with Crippen molar-refractivity contribution in [2.45, 2.75) is 31.9 Å². The number of hydrogen-bond acceptors (Lipinski definition) is 5. The van der Waals surface area contributed by atoms with Gasteiger partial charge in [0.2, 0.25) is 11.8 Å². The number of nitrogens with zero attached hydrogens (tertiary/aromatic N) is 1. The minimum atomic E-state index is -0.967. The molecule has 0 spiro atoms. The van der Waals surface area contributed by atoms with E-state index in [0.29, 0.717) is 24.6 Å². The van der Waals surface area contributed by atoms with Crippen molar-refractivity contribution in [3.8, 4) is 5.88 Å². The minimum Gasteiger partial charge on any atom is -0.473 e. The number of carbonyl (C=O) groups is 1. The van der Waals surface area contributed by atoms with Gasteiger partial charge in [-0.2, -0.15) is 0 Å². The summed E-state index contributed by atoms with van der Waals surface area (Å²) in [6.45, 7) is 4.54. The molecule has 0 saturated carbocycles. The number of pyridine rings is 1. The standard InChI is InChI=1S/C13H19N3O3/c1-9(2)19-11-10(4-3-6-15-11)16-12(17)13(14)5-7-18-8-13/h3-4,6,9H,5,7-8,14H2,1-2H3,(H,16,17). The van der Waals surface area contributed by atoms with Gasteiger partial charge in [-0.1, -0.05) is 0 Å². The van der Waals surface area contributed by atoms with E-state index in [1.54, 1.807) is 18.3 Å². The Morgan fingerprint density at radius 1 is 1.63 bits per heavy atom. The average Bonchev–Trinajstić information content (AvgIpc) is 2.79. The lowest BCUT2D eigenvalue weighted by Gasteiger charge is -2.21. The Balaban J connectivity index is 2.12. The van der Waals surface area contributed by atoms with Gasteiger partial charge in [0.05, 0.1) is 12.7 Å². The lowest BCUT2D eigenvalue weighted by atomic mass is 9.99. The summed E-state index contributed by atoms with van der Waals surface area (Å²) < 4.78 is 10.7. The van der Waals surface area contributed by atoms with E-state index in [1.807, 2.05) is 13.8 Å². The zero-order valence-electron chi connectivity index (χ0n) is 11.2. The molecule has 1 aliphatic rings. The molecule has 1 amide bonds. The molecule has 1 fully saturated rings. The quantitative estimate of drug-likeness (QED) is 0.845. The molecule has 0 aromatic carbocycles. The van der Waals surface area contributed by atoms with Gasteiger partial charge in [0.25, 0.3) is 0 Å². The molecule has 6 nitrogen and oxygen atoms in total. The van der Waals surface area contributed by atoms with Gasteiger partial charge >= 0.3 is 0 Å². The highest BCUT2D eigenvalue weighted by Crippen LogP contribution is 2.24. The molecule has 0 bridgehead atoms. The zero-order chi connectivity index (χ0) is 13.9. The maximum absolute atomic E-state index is 12.2. The predicted molar refractivity (Wildman–Crippen MR) is 71.0 cm³/mol. The molecule has 104 valence electrons. The van der Waals surface area contributed by atoms with Crippen LogP contribution in [-0.4, -0.2) is 35.7 Å². The van der Waals surface area contributed by atoms with Crippen molar-refractivity contribution in [3.63, 3.8) is 0 Å². The first-order valence-electron chi connectivity index (χ1n) is 6.31. The predicted octanol–water partition coefficient (Wildman–Crippen LogP) is 0.925. The van der Waals surface area contributed by atoms with E-state index in [4.69, 9.17) is 15.2 Å². The van der Waals surface area contributed by atoms with Crippen LogP contribution in [0.1, 0.15) is 20.3 Å². The summed E-state index contributed by atoms with van der Waals surface area (Å²) in [6.07, 6.45) is 2.11. The fraction of sp³-hybridized carbons (Fsp3) is 0.538. The molecular weight excluding hydrogens is 246 g/mol. The van der Waals surface area contributed by atoms with Crippen molar-refractivity contribution < 1.29 is 14.3 Å². The normalized spacial score (nSPS) is 22.5. The number of aromatic nitrogens is 1. The van der Waals surface area contributed by atoms with E-state index in [2.05, 4.69) is 10.3 Å². The molecule has 2 heterocycles. The van der Waals surface area contributed by atoms with Crippen LogP contribution in [0.3, 0.4) is 0 Å². The van der Waals surface area contributed by atoms with Crippen LogP contribution < -0.4 is 15.8 Å². The fourth-order valence-corrected chi connectivity index (χ4v) is 1.81. The SMILES string of the molecule is CC(C)Oc1ncccc1NC(=O)C1(N)CCOC1. The van der Waals surface area contributed by atoms with Crippen LogP contribution in [0.25, 0.3) is 0 Å². The molecule has 1 aromatic rings. The van der Waals surface area contributed by atoms with Crippen LogP contribution in [0.4, 0.5) is 5.69 Å². The number of nitrogens with one attached hydrogen (secondary N) is 1. The van der Waals surface area contributed by atoms with Crippen molar-refractivity contribution in [1.29, 1.82) is 0 Å². The Hall–Kier alpha value is -1.66. The van der Waals surface area contributed by atoms with Gasteiger partial charge in [0.15, 0.2) is 0 Å². The van der Waals surface area contributed by atoms with Crippen LogP contribution in [0.2, 0.25) is 0 Å². The smallest absolute Gasteiger partial charge is 0.247 e. The first kappa shape index (κ1) is 13.8. The van der Waals surface area contributed by atoms with E-state index in [0.717, 1.165) is 0 Å². The highest BCUT2D eigenvalue weighted by Gasteiger charge is 2.38. The van der Waals surface area contributed by atoms with Gasteiger partial charge in [-0.15, -0.1) is 0 Å². The van der Waals surface area contributed by atoms with Crippen molar-refractivity contribution in [1.82, 2.24) is 4.98 Å². The third-order valence-electron chi connectivity index (χ3n) is 2.87. The molecular formula is C13H19N3O3. The van der Waals surface area contributed by atoms with Crippen LogP contribution in [0, 0.1) is 0 Å². The molecule has 0 radical (unpaired) electrons. The summed E-state index contributed by atoms with van der Waals surface area (Å²) in [5.41, 5.74) is 5.56. The van der Waals surface area contributed by atoms with Gasteiger partial charge in [-0.25, -0.2) is 4.98 Å². The van der Waals surface area contributed by atoms with E-state index in [1.165, 1.54) is 0 Å². The third-order valence-corrected chi connectivity index (χ3v) is 2.87. The first-order valence-corrected chi connectivity index (χ1v) is 6.31. The van der Waals surface area contributed by atoms with Crippen molar-refractivity contribution in [2.75, 3.05) is 18.5 Å². The van der Waals surface area contributed by atoms with Gasteiger partial charge in [0.1, 0.15) is 11.2 Å². The van der Waals surface area contributed by atoms with Crippen LogP contribution in [0.5, 0.6) is 5.88 Å². The highest BCUT2D eigenvalue weighted by atomic mass is 16.5. The van der Waals surface area contributed by atoms with Crippen molar-refractivity contribution in [3.05, 3.63) is 18.3 Å². The Bertz CT molecular complexity index is 456. The number of anilines is 1.